The Morgan fingerprint density at radius 1 is 0.786 bits per heavy atom. The quantitative estimate of drug-likeness (QED) is 0.0318. The molecular weight excluding hydrogens is 891 g/mol. The number of aliphatic hydroxyl groups excluding tert-OH is 2. The Bertz CT molecular complexity index is 2720. The standard InChI is InChI=1S/C57H65NO12/c1-65-24-9-15-50-52(56-46-32-51(44-30-39(62)17-19-43(44)55(46)70-50)66-25-7-4-14-48(49(69-56)20-23-59)58-57(64)21-5-6-22-57)47-33-67-54-36(29-41(31-45(54)53(47)63)68-40-12-2-3-13-40)26-35-28-38(61)16-18-42(35)34-10-8-11-37(60)27-34/h8,10-11,16-19,27-32,40,47-50,52-53,56,58-64H,2-3,5-6,9,12-15,20-26,33H2,1H3/t47-,48+,49+,50+,52-,53-,56+/m1/s1. The lowest BCUT2D eigenvalue weighted by Gasteiger charge is -2.48. The van der Waals surface area contributed by atoms with Gasteiger partial charge in [-0.15, -0.1) is 0 Å². The molecule has 2 saturated carbocycles. The molecule has 0 aromatic heterocycles. The van der Waals surface area contributed by atoms with Crippen LogP contribution in [0.25, 0.3) is 21.9 Å². The predicted octanol–water partition coefficient (Wildman–Crippen LogP) is 8.90. The molecule has 13 heteroatoms. The Balaban J connectivity index is 1.10. The molecule has 2 aliphatic carbocycles. The first-order valence-corrected chi connectivity index (χ1v) is 25.1. The molecule has 7 atom stereocenters. The van der Waals surface area contributed by atoms with Gasteiger partial charge in [0.15, 0.2) is 0 Å². The van der Waals surface area contributed by atoms with Crippen LogP contribution in [-0.2, 0) is 15.9 Å². The van der Waals surface area contributed by atoms with Crippen LogP contribution in [0.5, 0.6) is 40.2 Å². The van der Waals surface area contributed by atoms with Gasteiger partial charge in [-0.05, 0) is 148 Å². The molecular formula is C57H65NO12. The molecule has 13 nitrogen and oxygen atoms in total. The van der Waals surface area contributed by atoms with Gasteiger partial charge in [0.1, 0.15) is 58.7 Å². The van der Waals surface area contributed by atoms with Crippen molar-refractivity contribution in [2.45, 2.75) is 126 Å². The van der Waals surface area contributed by atoms with Crippen LogP contribution in [0.2, 0.25) is 0 Å². The zero-order valence-electron chi connectivity index (χ0n) is 39.8. The number of benzene rings is 5. The minimum atomic E-state index is -1.12. The highest BCUT2D eigenvalue weighted by Gasteiger charge is 2.51. The van der Waals surface area contributed by atoms with Crippen molar-refractivity contribution in [3.8, 4) is 63.2 Å². The minimum Gasteiger partial charge on any atom is -0.508 e. The number of rotatable bonds is 14. The fraction of sp³-hybridized carbons (Fsp3) is 0.474. The third-order valence-electron chi connectivity index (χ3n) is 15.1. The fourth-order valence-corrected chi connectivity index (χ4v) is 11.8. The minimum absolute atomic E-state index is 0.0233. The van der Waals surface area contributed by atoms with Crippen molar-refractivity contribution in [2.75, 3.05) is 33.5 Å². The van der Waals surface area contributed by atoms with Gasteiger partial charge >= 0.3 is 0 Å². The fourth-order valence-electron chi connectivity index (χ4n) is 11.8. The summed E-state index contributed by atoms with van der Waals surface area (Å²) in [6.45, 7) is 0.452. The third-order valence-corrected chi connectivity index (χ3v) is 15.1. The molecule has 7 N–H and O–H groups in total. The van der Waals surface area contributed by atoms with Gasteiger partial charge in [0.05, 0.1) is 31.0 Å². The second-order valence-corrected chi connectivity index (χ2v) is 19.8. The number of ether oxygens (including phenoxy) is 6. The van der Waals surface area contributed by atoms with Crippen LogP contribution in [0, 0.1) is 23.7 Å². The van der Waals surface area contributed by atoms with Gasteiger partial charge in [0, 0.05) is 78.5 Å². The van der Waals surface area contributed by atoms with Crippen LogP contribution in [-0.4, -0.2) is 94.3 Å². The van der Waals surface area contributed by atoms with Crippen molar-refractivity contribution in [1.82, 2.24) is 5.32 Å². The Morgan fingerprint density at radius 2 is 1.59 bits per heavy atom. The van der Waals surface area contributed by atoms with Crippen LogP contribution in [0.15, 0.2) is 78.9 Å². The molecule has 0 saturated heterocycles. The summed E-state index contributed by atoms with van der Waals surface area (Å²) in [6.07, 6.45) is 5.97. The number of phenols is 3. The number of phenolic OH excluding ortho intramolecular Hbond substituents is 3. The van der Waals surface area contributed by atoms with Crippen molar-refractivity contribution in [1.29, 1.82) is 0 Å². The van der Waals surface area contributed by atoms with Gasteiger partial charge in [-0.25, -0.2) is 0 Å². The van der Waals surface area contributed by atoms with Gasteiger partial charge in [0.25, 0.3) is 0 Å². The highest BCUT2D eigenvalue weighted by atomic mass is 16.5. The first-order valence-electron chi connectivity index (χ1n) is 25.1. The van der Waals surface area contributed by atoms with Gasteiger partial charge in [0.2, 0.25) is 0 Å². The molecule has 3 heterocycles. The van der Waals surface area contributed by atoms with Gasteiger partial charge in [-0.2, -0.15) is 0 Å². The Hall–Kier alpha value is -5.72. The summed E-state index contributed by atoms with van der Waals surface area (Å²) in [5.74, 6) is 7.78. The average Bonchev–Trinajstić information content (AvgIpc) is 4.03. The number of aromatic hydroxyl groups is 3. The maximum absolute atomic E-state index is 13.2. The molecule has 5 aromatic carbocycles. The van der Waals surface area contributed by atoms with Crippen LogP contribution in [0.1, 0.15) is 112 Å². The monoisotopic (exact) mass is 955 g/mol. The normalized spacial score (nSPS) is 25.1. The molecule has 0 amide bonds. The Labute approximate surface area is 409 Å². The number of fused-ring (bicyclic) bond motifs is 5. The number of hydrogen-bond acceptors (Lipinski definition) is 13. The Kier molecular flexibility index (Phi) is 14.3. The molecule has 5 aromatic rings. The largest absolute Gasteiger partial charge is 0.508 e. The van der Waals surface area contributed by atoms with Gasteiger partial charge < -0.3 is 59.1 Å². The SMILES string of the molecule is COCCC[C@@H]1Oc2c3cc(c4cc(O)ccc24)OCC#CC[C@H](NC2(O)CCCC2)[C@H](CCO)O[C@@H]3[C@@H]1[C@H]1COc2c(Cc3cc(O)ccc3-c3cccc(O)c3)cc(OC3CCCC3)cc2[C@H]1O. The number of methoxy groups -OCH3 is 1. The molecule has 2 bridgehead atoms. The van der Waals surface area contributed by atoms with Crippen molar-refractivity contribution >= 4 is 10.8 Å². The van der Waals surface area contributed by atoms with E-state index >= 15 is 0 Å². The van der Waals surface area contributed by atoms with Crippen LogP contribution < -0.4 is 24.3 Å². The van der Waals surface area contributed by atoms with E-state index in [9.17, 15) is 30.6 Å². The third kappa shape index (κ3) is 10.1. The van der Waals surface area contributed by atoms with E-state index in [1.807, 2.05) is 36.4 Å². The summed E-state index contributed by atoms with van der Waals surface area (Å²) < 4.78 is 40.4. The van der Waals surface area contributed by atoms with E-state index in [1.54, 1.807) is 49.6 Å². The van der Waals surface area contributed by atoms with E-state index in [4.69, 9.17) is 28.4 Å². The summed E-state index contributed by atoms with van der Waals surface area (Å²) in [5, 5.41) is 72.6. The molecule has 0 radical (unpaired) electrons. The summed E-state index contributed by atoms with van der Waals surface area (Å²) >= 11 is 0. The van der Waals surface area contributed by atoms with Crippen LogP contribution in [0.3, 0.4) is 0 Å². The molecule has 0 spiro atoms. The summed E-state index contributed by atoms with van der Waals surface area (Å²) in [7, 11) is 1.67. The van der Waals surface area contributed by atoms with E-state index < -0.39 is 48.0 Å². The molecule has 0 unspecified atom stereocenters. The summed E-state index contributed by atoms with van der Waals surface area (Å²) in [5.41, 5.74) is 3.34. The van der Waals surface area contributed by atoms with Crippen molar-refractivity contribution in [3.05, 3.63) is 101 Å². The lowest BCUT2D eigenvalue weighted by molar-refractivity contribution is -0.147. The van der Waals surface area contributed by atoms with Crippen molar-refractivity contribution < 1.29 is 59.1 Å². The maximum Gasteiger partial charge on any atom is 0.149 e. The molecule has 70 heavy (non-hydrogen) atoms. The summed E-state index contributed by atoms with van der Waals surface area (Å²) in [4.78, 5) is 0. The highest BCUT2D eigenvalue weighted by molar-refractivity contribution is 5.96. The van der Waals surface area contributed by atoms with Crippen LogP contribution in [0.4, 0.5) is 0 Å². The Morgan fingerprint density at radius 3 is 2.39 bits per heavy atom. The smallest absolute Gasteiger partial charge is 0.149 e. The topological polar surface area (TPSA) is 189 Å². The molecule has 2 fully saturated rings. The van der Waals surface area contributed by atoms with Crippen molar-refractivity contribution in [2.24, 2.45) is 11.8 Å². The van der Waals surface area contributed by atoms with E-state index in [0.29, 0.717) is 90.0 Å². The predicted molar refractivity (Wildman–Crippen MR) is 263 cm³/mol. The van der Waals surface area contributed by atoms with Gasteiger partial charge in [-0.1, -0.05) is 30.0 Å². The lowest BCUT2D eigenvalue weighted by atomic mass is 9.72. The first kappa shape index (κ1) is 47.9. The molecule has 5 aliphatic rings. The highest BCUT2D eigenvalue weighted by Crippen LogP contribution is 2.55. The number of nitrogens with one attached hydrogen (secondary N) is 1. The van der Waals surface area contributed by atoms with E-state index in [0.717, 1.165) is 60.8 Å². The summed E-state index contributed by atoms with van der Waals surface area (Å²) in [6, 6.07) is 22.7. The second kappa shape index (κ2) is 20.9. The molecule has 3 aliphatic heterocycles. The van der Waals surface area contributed by atoms with E-state index in [1.165, 1.54) is 0 Å². The molecule has 10 rings (SSSR count). The average molecular weight is 956 g/mol. The zero-order chi connectivity index (χ0) is 48.4. The first-order chi connectivity index (χ1) is 34.1. The van der Waals surface area contributed by atoms with Gasteiger partial charge in [-0.3, -0.25) is 5.32 Å². The number of aliphatic hydroxyl groups is 3. The van der Waals surface area contributed by atoms with Crippen molar-refractivity contribution in [3.63, 3.8) is 0 Å². The van der Waals surface area contributed by atoms with Crippen LogP contribution >= 0.6 is 0 Å². The zero-order valence-corrected chi connectivity index (χ0v) is 39.8. The van der Waals surface area contributed by atoms with E-state index in [2.05, 4.69) is 17.2 Å². The second-order valence-electron chi connectivity index (χ2n) is 19.8. The molecule has 370 valence electrons. The van der Waals surface area contributed by atoms with E-state index in [-0.39, 0.29) is 49.6 Å². The lowest BCUT2D eigenvalue weighted by Crippen LogP contribution is -2.55. The number of hydrogen-bond donors (Lipinski definition) is 7. The maximum atomic E-state index is 13.2.